The number of aliphatic hydroxyl groups excluding tert-OH is 1. The van der Waals surface area contributed by atoms with Crippen LogP contribution in [0.5, 0.6) is 17.2 Å². The first-order valence-corrected chi connectivity index (χ1v) is 10.2. The summed E-state index contributed by atoms with van der Waals surface area (Å²) in [5.74, 6) is -0.814. The number of carbonyl (C=O) groups excluding carboxylic acids is 1. The smallest absolute Gasteiger partial charge is 0.262 e. The lowest BCUT2D eigenvalue weighted by molar-refractivity contribution is 0.0536. The summed E-state index contributed by atoms with van der Waals surface area (Å²) in [6.45, 7) is 1.94. The monoisotopic (exact) mass is 419 g/mol. The van der Waals surface area contributed by atoms with Gasteiger partial charge in [-0.25, -0.2) is 0 Å². The van der Waals surface area contributed by atoms with Crippen LogP contribution in [-0.2, 0) is 19.6 Å². The van der Waals surface area contributed by atoms with Gasteiger partial charge in [-0.3, -0.25) is 4.79 Å². The Morgan fingerprint density at radius 1 is 1.03 bits per heavy atom. The van der Waals surface area contributed by atoms with Crippen molar-refractivity contribution in [2.45, 2.75) is 32.5 Å². The molecule has 6 nitrogen and oxygen atoms in total. The molecule has 0 saturated carbocycles. The van der Waals surface area contributed by atoms with Crippen LogP contribution in [-0.4, -0.2) is 38.8 Å². The lowest BCUT2D eigenvalue weighted by atomic mass is 9.93. The Kier molecular flexibility index (Phi) is 5.82. The van der Waals surface area contributed by atoms with Crippen molar-refractivity contribution in [3.63, 3.8) is 0 Å². The number of aliphatic hydroxyl groups is 1. The minimum atomic E-state index is -0.447. The lowest BCUT2D eigenvalue weighted by Crippen LogP contribution is -2.46. The number of nitrogens with zero attached hydrogens (tertiary/aromatic N) is 1. The van der Waals surface area contributed by atoms with Crippen molar-refractivity contribution in [1.82, 2.24) is 4.90 Å². The molecule has 0 aliphatic carbocycles. The third kappa shape index (κ3) is 4.07. The van der Waals surface area contributed by atoms with E-state index in [0.717, 1.165) is 22.8 Å². The third-order valence-corrected chi connectivity index (χ3v) is 5.75. The molecule has 1 amide bonds. The van der Waals surface area contributed by atoms with Crippen LogP contribution >= 0.6 is 0 Å². The van der Waals surface area contributed by atoms with Gasteiger partial charge in [-0.1, -0.05) is 54.6 Å². The van der Waals surface area contributed by atoms with Crippen LogP contribution in [0, 0.1) is 6.92 Å². The minimum Gasteiger partial charge on any atom is -0.507 e. The maximum Gasteiger partial charge on any atom is 0.262 e. The SMILES string of the molecule is Cc1c(O)cc(O)c(C(=O)N2Cc3ccccc3C[C@@H]2CO)c1OCc1ccccc1. The minimum absolute atomic E-state index is 0.0101. The van der Waals surface area contributed by atoms with Crippen molar-refractivity contribution < 1.29 is 24.9 Å². The molecule has 3 aromatic rings. The van der Waals surface area contributed by atoms with E-state index in [-0.39, 0.29) is 36.0 Å². The van der Waals surface area contributed by atoms with Crippen LogP contribution in [0.3, 0.4) is 0 Å². The standard InChI is InChI=1S/C25H25NO5/c1-16-21(28)12-22(29)23(24(16)31-15-17-7-3-2-4-8-17)25(30)26-13-19-10-6-5-9-18(19)11-20(26)14-27/h2-10,12,20,27-29H,11,13-15H2,1H3/t20-/m1/s1. The topological polar surface area (TPSA) is 90.2 Å². The number of hydrogen-bond donors (Lipinski definition) is 3. The summed E-state index contributed by atoms with van der Waals surface area (Å²) >= 11 is 0. The summed E-state index contributed by atoms with van der Waals surface area (Å²) in [6, 6.07) is 18.0. The molecule has 31 heavy (non-hydrogen) atoms. The zero-order valence-electron chi connectivity index (χ0n) is 17.3. The number of phenolic OH excluding ortho intramolecular Hbond substituents is 2. The molecule has 0 spiro atoms. The van der Waals surface area contributed by atoms with Gasteiger partial charge in [0.25, 0.3) is 5.91 Å². The second kappa shape index (κ2) is 8.70. The van der Waals surface area contributed by atoms with Gasteiger partial charge in [0, 0.05) is 18.2 Å². The summed E-state index contributed by atoms with van der Waals surface area (Å²) in [7, 11) is 0. The van der Waals surface area contributed by atoms with Crippen molar-refractivity contribution >= 4 is 5.91 Å². The first-order chi connectivity index (χ1) is 15.0. The number of carbonyl (C=O) groups is 1. The summed E-state index contributed by atoms with van der Waals surface area (Å²) in [5.41, 5.74) is 3.35. The number of phenols is 2. The fourth-order valence-electron chi connectivity index (χ4n) is 3.98. The average molecular weight is 419 g/mol. The normalized spacial score (nSPS) is 15.4. The highest BCUT2D eigenvalue weighted by atomic mass is 16.5. The lowest BCUT2D eigenvalue weighted by Gasteiger charge is -2.36. The molecule has 1 aliphatic rings. The molecule has 3 aromatic carbocycles. The molecule has 0 unspecified atom stereocenters. The van der Waals surface area contributed by atoms with Crippen LogP contribution in [0.4, 0.5) is 0 Å². The van der Waals surface area contributed by atoms with Crippen molar-refractivity contribution in [3.05, 3.63) is 88.5 Å². The van der Waals surface area contributed by atoms with E-state index >= 15 is 0 Å². The number of benzene rings is 3. The Bertz CT molecular complexity index is 1100. The first-order valence-electron chi connectivity index (χ1n) is 10.2. The third-order valence-electron chi connectivity index (χ3n) is 5.75. The van der Waals surface area contributed by atoms with Crippen LogP contribution in [0.25, 0.3) is 0 Å². The zero-order valence-corrected chi connectivity index (χ0v) is 17.3. The van der Waals surface area contributed by atoms with Crippen molar-refractivity contribution in [2.24, 2.45) is 0 Å². The molecule has 0 saturated heterocycles. The van der Waals surface area contributed by atoms with E-state index < -0.39 is 11.9 Å². The Morgan fingerprint density at radius 2 is 1.71 bits per heavy atom. The summed E-state index contributed by atoms with van der Waals surface area (Å²) in [5, 5.41) is 30.8. The second-order valence-corrected chi connectivity index (χ2v) is 7.76. The van der Waals surface area contributed by atoms with Crippen molar-refractivity contribution in [3.8, 4) is 17.2 Å². The molecule has 1 atom stereocenters. The quantitative estimate of drug-likeness (QED) is 0.589. The van der Waals surface area contributed by atoms with Gasteiger partial charge in [-0.2, -0.15) is 0 Å². The van der Waals surface area contributed by atoms with Gasteiger partial charge in [0.15, 0.2) is 0 Å². The number of amides is 1. The average Bonchev–Trinajstić information content (AvgIpc) is 2.79. The Labute approximate surface area is 181 Å². The molecule has 0 fully saturated rings. The van der Waals surface area contributed by atoms with Crippen LogP contribution in [0.1, 0.15) is 32.6 Å². The predicted molar refractivity (Wildman–Crippen MR) is 116 cm³/mol. The van der Waals surface area contributed by atoms with E-state index in [2.05, 4.69) is 0 Å². The van der Waals surface area contributed by atoms with Crippen molar-refractivity contribution in [1.29, 1.82) is 0 Å². The predicted octanol–water partition coefficient (Wildman–Crippen LogP) is 3.54. The number of fused-ring (bicyclic) bond motifs is 1. The summed E-state index contributed by atoms with van der Waals surface area (Å²) < 4.78 is 5.94. The van der Waals surface area contributed by atoms with E-state index in [4.69, 9.17) is 4.74 Å². The van der Waals surface area contributed by atoms with E-state index in [0.29, 0.717) is 18.5 Å². The Balaban J connectivity index is 1.71. The molecule has 4 rings (SSSR count). The molecule has 0 bridgehead atoms. The molecule has 0 radical (unpaired) electrons. The van der Waals surface area contributed by atoms with Crippen molar-refractivity contribution in [2.75, 3.05) is 6.61 Å². The van der Waals surface area contributed by atoms with E-state index in [9.17, 15) is 20.1 Å². The van der Waals surface area contributed by atoms with E-state index in [1.807, 2.05) is 54.6 Å². The van der Waals surface area contributed by atoms with Gasteiger partial charge in [0.05, 0.1) is 12.6 Å². The number of ether oxygens (including phenoxy) is 1. The number of rotatable bonds is 5. The molecule has 1 heterocycles. The van der Waals surface area contributed by atoms with Crippen LogP contribution in [0.15, 0.2) is 60.7 Å². The molecular weight excluding hydrogens is 394 g/mol. The van der Waals surface area contributed by atoms with Gasteiger partial charge < -0.3 is 25.0 Å². The van der Waals surface area contributed by atoms with Gasteiger partial charge in [0.1, 0.15) is 29.4 Å². The Morgan fingerprint density at radius 3 is 2.42 bits per heavy atom. The van der Waals surface area contributed by atoms with Crippen LogP contribution < -0.4 is 4.74 Å². The molecule has 160 valence electrons. The molecular formula is C25H25NO5. The van der Waals surface area contributed by atoms with Gasteiger partial charge >= 0.3 is 0 Å². The maximum absolute atomic E-state index is 13.6. The summed E-state index contributed by atoms with van der Waals surface area (Å²) in [6.07, 6.45) is 0.524. The zero-order chi connectivity index (χ0) is 22.0. The maximum atomic E-state index is 13.6. The van der Waals surface area contributed by atoms with Gasteiger partial charge in [-0.15, -0.1) is 0 Å². The second-order valence-electron chi connectivity index (χ2n) is 7.76. The summed E-state index contributed by atoms with van der Waals surface area (Å²) in [4.78, 5) is 15.1. The highest BCUT2D eigenvalue weighted by Gasteiger charge is 2.34. The number of hydrogen-bond acceptors (Lipinski definition) is 5. The fraction of sp³-hybridized carbons (Fsp3) is 0.240. The fourth-order valence-corrected chi connectivity index (χ4v) is 3.98. The molecule has 1 aliphatic heterocycles. The Hall–Kier alpha value is -3.51. The highest BCUT2D eigenvalue weighted by molar-refractivity contribution is 6.00. The molecule has 3 N–H and O–H groups in total. The van der Waals surface area contributed by atoms with E-state index in [1.54, 1.807) is 11.8 Å². The van der Waals surface area contributed by atoms with Gasteiger partial charge in [0.2, 0.25) is 0 Å². The largest absolute Gasteiger partial charge is 0.507 e. The van der Waals surface area contributed by atoms with Gasteiger partial charge in [-0.05, 0) is 30.0 Å². The van der Waals surface area contributed by atoms with E-state index in [1.165, 1.54) is 0 Å². The first kappa shape index (κ1) is 20.8. The van der Waals surface area contributed by atoms with Crippen LogP contribution in [0.2, 0.25) is 0 Å². The molecule has 0 aromatic heterocycles. The number of aromatic hydroxyl groups is 2. The molecule has 6 heteroatoms. The highest BCUT2D eigenvalue weighted by Crippen LogP contribution is 2.40.